The highest BCUT2D eigenvalue weighted by Gasteiger charge is 2.45. The van der Waals surface area contributed by atoms with Crippen molar-refractivity contribution in [1.82, 2.24) is 4.90 Å². The summed E-state index contributed by atoms with van der Waals surface area (Å²) < 4.78 is 0. The summed E-state index contributed by atoms with van der Waals surface area (Å²) in [6.07, 6.45) is 3.24. The molecule has 102 valence electrons. The Kier molecular flexibility index (Phi) is 3.42. The minimum atomic E-state index is -0.666. The lowest BCUT2D eigenvalue weighted by atomic mass is 9.73. The quantitative estimate of drug-likeness (QED) is 0.885. The molecule has 0 spiro atoms. The van der Waals surface area contributed by atoms with E-state index in [1.54, 1.807) is 0 Å². The van der Waals surface area contributed by atoms with Crippen molar-refractivity contribution in [1.29, 1.82) is 0 Å². The predicted molar refractivity (Wildman–Crippen MR) is 73.7 cm³/mol. The van der Waals surface area contributed by atoms with E-state index in [4.69, 9.17) is 0 Å². The first kappa shape index (κ1) is 12.8. The Morgan fingerprint density at radius 2 is 2.00 bits per heavy atom. The van der Waals surface area contributed by atoms with Crippen molar-refractivity contribution in [3.8, 4) is 0 Å². The summed E-state index contributed by atoms with van der Waals surface area (Å²) in [5, 5.41) is 10.6. The molecular weight excluding hydrogens is 238 g/mol. The van der Waals surface area contributed by atoms with E-state index < -0.39 is 6.10 Å². The van der Waals surface area contributed by atoms with E-state index in [1.165, 1.54) is 6.42 Å². The second-order valence-electron chi connectivity index (χ2n) is 5.87. The normalized spacial score (nSPS) is 33.2. The fraction of sp³-hybridized carbons (Fsp3) is 0.562. The highest BCUT2D eigenvalue weighted by atomic mass is 16.3. The van der Waals surface area contributed by atoms with Crippen LogP contribution in [0.5, 0.6) is 0 Å². The predicted octanol–water partition coefficient (Wildman–Crippen LogP) is 2.16. The number of ketones is 1. The van der Waals surface area contributed by atoms with Gasteiger partial charge in [0.2, 0.25) is 0 Å². The summed E-state index contributed by atoms with van der Waals surface area (Å²) in [6.45, 7) is 0. The summed E-state index contributed by atoms with van der Waals surface area (Å²) in [5.74, 6) is -0.0203. The van der Waals surface area contributed by atoms with Gasteiger partial charge in [-0.3, -0.25) is 9.69 Å². The lowest BCUT2D eigenvalue weighted by Crippen LogP contribution is -2.56. The van der Waals surface area contributed by atoms with Crippen LogP contribution in [-0.2, 0) is 4.79 Å². The Labute approximate surface area is 114 Å². The molecule has 1 N–H and O–H groups in total. The molecule has 3 heteroatoms. The maximum Gasteiger partial charge on any atom is 0.142 e. The van der Waals surface area contributed by atoms with Gasteiger partial charge in [0, 0.05) is 18.5 Å². The average Bonchev–Trinajstić information content (AvgIpc) is 2.41. The number of piperidine rings is 2. The molecule has 0 aromatic heterocycles. The Hall–Kier alpha value is -1.19. The van der Waals surface area contributed by atoms with E-state index in [-0.39, 0.29) is 17.7 Å². The summed E-state index contributed by atoms with van der Waals surface area (Å²) in [7, 11) is 2.10. The van der Waals surface area contributed by atoms with Crippen LogP contribution in [0.3, 0.4) is 0 Å². The van der Waals surface area contributed by atoms with Crippen LogP contribution in [0.25, 0.3) is 0 Å². The summed E-state index contributed by atoms with van der Waals surface area (Å²) >= 11 is 0. The Bertz CT molecular complexity index is 459. The van der Waals surface area contributed by atoms with Crippen molar-refractivity contribution in [2.45, 2.75) is 43.9 Å². The van der Waals surface area contributed by atoms with Crippen LogP contribution in [-0.4, -0.2) is 34.9 Å². The number of carbonyl (C=O) groups is 1. The first-order chi connectivity index (χ1) is 9.18. The molecule has 2 aliphatic heterocycles. The van der Waals surface area contributed by atoms with Gasteiger partial charge in [0.15, 0.2) is 0 Å². The maximum absolute atomic E-state index is 12.4. The summed E-state index contributed by atoms with van der Waals surface area (Å²) in [4.78, 5) is 14.7. The molecule has 2 fully saturated rings. The summed E-state index contributed by atoms with van der Waals surface area (Å²) in [5.41, 5.74) is 0.860. The number of hydrogen-bond donors (Lipinski definition) is 1. The molecule has 2 saturated heterocycles. The third-order valence-electron chi connectivity index (χ3n) is 4.84. The maximum atomic E-state index is 12.4. The number of aliphatic hydroxyl groups is 1. The number of Topliss-reactive ketones (excluding diaryl/α,β-unsaturated/α-hetero) is 1. The number of carbonyl (C=O) groups excluding carboxylic acids is 1. The lowest BCUT2D eigenvalue weighted by Gasteiger charge is -2.48. The molecule has 0 radical (unpaired) electrons. The number of benzene rings is 1. The molecule has 0 saturated carbocycles. The van der Waals surface area contributed by atoms with Crippen LogP contribution in [0.4, 0.5) is 0 Å². The SMILES string of the molecule is CN1[C@@H]2CCC[C@H]1[C@H]([C@H](O)c1ccccc1)C(=O)C2. The molecule has 4 atom stereocenters. The van der Waals surface area contributed by atoms with Crippen LogP contribution in [0, 0.1) is 5.92 Å². The number of aliphatic hydroxyl groups excluding tert-OH is 1. The van der Waals surface area contributed by atoms with Gasteiger partial charge < -0.3 is 5.11 Å². The molecule has 2 heterocycles. The Morgan fingerprint density at radius 1 is 1.26 bits per heavy atom. The van der Waals surface area contributed by atoms with Crippen LogP contribution >= 0.6 is 0 Å². The zero-order valence-electron chi connectivity index (χ0n) is 11.3. The summed E-state index contributed by atoms with van der Waals surface area (Å²) in [6, 6.07) is 10.2. The minimum Gasteiger partial charge on any atom is -0.388 e. The fourth-order valence-corrected chi connectivity index (χ4v) is 3.75. The van der Waals surface area contributed by atoms with Crippen LogP contribution in [0.2, 0.25) is 0 Å². The first-order valence-corrected chi connectivity index (χ1v) is 7.16. The zero-order valence-corrected chi connectivity index (χ0v) is 11.3. The van der Waals surface area contributed by atoms with Gasteiger partial charge in [-0.15, -0.1) is 0 Å². The van der Waals surface area contributed by atoms with Gasteiger partial charge in [0.25, 0.3) is 0 Å². The van der Waals surface area contributed by atoms with Gasteiger partial charge >= 0.3 is 0 Å². The van der Waals surface area contributed by atoms with E-state index in [0.717, 1.165) is 18.4 Å². The van der Waals surface area contributed by atoms with Crippen LogP contribution < -0.4 is 0 Å². The zero-order chi connectivity index (χ0) is 13.4. The fourth-order valence-electron chi connectivity index (χ4n) is 3.75. The molecule has 2 bridgehead atoms. The third kappa shape index (κ3) is 2.21. The molecule has 0 amide bonds. The Balaban J connectivity index is 1.88. The molecule has 1 aromatic rings. The topological polar surface area (TPSA) is 40.5 Å². The van der Waals surface area contributed by atoms with E-state index >= 15 is 0 Å². The molecule has 3 rings (SSSR count). The van der Waals surface area contributed by atoms with Crippen molar-refractivity contribution < 1.29 is 9.90 Å². The van der Waals surface area contributed by atoms with Gasteiger partial charge in [-0.05, 0) is 25.5 Å². The first-order valence-electron chi connectivity index (χ1n) is 7.16. The van der Waals surface area contributed by atoms with Gasteiger partial charge in [-0.2, -0.15) is 0 Å². The minimum absolute atomic E-state index is 0.204. The smallest absolute Gasteiger partial charge is 0.142 e. The Morgan fingerprint density at radius 3 is 2.74 bits per heavy atom. The molecule has 19 heavy (non-hydrogen) atoms. The third-order valence-corrected chi connectivity index (χ3v) is 4.84. The van der Waals surface area contributed by atoms with E-state index in [2.05, 4.69) is 11.9 Å². The average molecular weight is 259 g/mol. The van der Waals surface area contributed by atoms with Crippen molar-refractivity contribution in [2.75, 3.05) is 7.05 Å². The second kappa shape index (κ2) is 5.06. The highest BCUT2D eigenvalue weighted by Crippen LogP contribution is 2.40. The largest absolute Gasteiger partial charge is 0.388 e. The lowest BCUT2D eigenvalue weighted by molar-refractivity contribution is -0.140. The van der Waals surface area contributed by atoms with Crippen LogP contribution in [0.1, 0.15) is 37.4 Å². The number of rotatable bonds is 2. The molecule has 0 aliphatic carbocycles. The van der Waals surface area contributed by atoms with Crippen molar-refractivity contribution in [2.24, 2.45) is 5.92 Å². The number of hydrogen-bond acceptors (Lipinski definition) is 3. The van der Waals surface area contributed by atoms with E-state index in [0.29, 0.717) is 12.5 Å². The molecule has 2 aliphatic rings. The van der Waals surface area contributed by atoms with Gasteiger partial charge in [-0.1, -0.05) is 36.8 Å². The van der Waals surface area contributed by atoms with Crippen molar-refractivity contribution in [3.63, 3.8) is 0 Å². The van der Waals surface area contributed by atoms with E-state index in [9.17, 15) is 9.90 Å². The molecular formula is C16H21NO2. The number of fused-ring (bicyclic) bond motifs is 2. The van der Waals surface area contributed by atoms with Crippen molar-refractivity contribution in [3.05, 3.63) is 35.9 Å². The van der Waals surface area contributed by atoms with Crippen molar-refractivity contribution >= 4 is 5.78 Å². The van der Waals surface area contributed by atoms with E-state index in [1.807, 2.05) is 30.3 Å². The van der Waals surface area contributed by atoms with Gasteiger partial charge in [-0.25, -0.2) is 0 Å². The monoisotopic (exact) mass is 259 g/mol. The standard InChI is InChI=1S/C16H21NO2/c1-17-12-8-5-9-13(17)15(14(18)10-12)16(19)11-6-3-2-4-7-11/h2-4,6-7,12-13,15-16,19H,5,8-10H2,1H3/t12-,13+,15+,16-/m1/s1. The van der Waals surface area contributed by atoms with Crippen LogP contribution in [0.15, 0.2) is 30.3 Å². The molecule has 1 aromatic carbocycles. The highest BCUT2D eigenvalue weighted by molar-refractivity contribution is 5.84. The second-order valence-corrected chi connectivity index (χ2v) is 5.87. The molecule has 3 nitrogen and oxygen atoms in total. The number of nitrogens with zero attached hydrogens (tertiary/aromatic N) is 1. The molecule has 0 unspecified atom stereocenters. The van der Waals surface area contributed by atoms with Gasteiger partial charge in [0.1, 0.15) is 5.78 Å². The van der Waals surface area contributed by atoms with Gasteiger partial charge in [0.05, 0.1) is 12.0 Å².